The molecule has 0 aliphatic heterocycles. The summed E-state index contributed by atoms with van der Waals surface area (Å²) in [6.45, 7) is 2.14. The number of aromatic nitrogens is 1. The van der Waals surface area contributed by atoms with E-state index in [1.807, 2.05) is 0 Å². The highest BCUT2D eigenvalue weighted by Gasteiger charge is 2.21. The van der Waals surface area contributed by atoms with Gasteiger partial charge in [0, 0.05) is 29.0 Å². The van der Waals surface area contributed by atoms with Gasteiger partial charge in [-0.2, -0.15) is 0 Å². The van der Waals surface area contributed by atoms with Gasteiger partial charge in [-0.1, -0.05) is 17.7 Å². The molecule has 0 radical (unpaired) electrons. The van der Waals surface area contributed by atoms with Gasteiger partial charge in [0.25, 0.3) is 9.05 Å². The van der Waals surface area contributed by atoms with E-state index < -0.39 is 14.9 Å². The molecule has 7 heteroatoms. The third-order valence-corrected chi connectivity index (χ3v) is 4.40. The Morgan fingerprint density at radius 2 is 2.16 bits per heavy atom. The number of allylic oxidation sites excluding steroid dienone is 1. The standard InChI is InChI=1S/C12H10Cl2FNO2S/c1-8(5-13)6-16-7-11(19(14,17)18)12-9(15)3-2-4-10(12)16/h2-5,7H,6H2,1H3/b8-5-. The smallest absolute Gasteiger partial charge is 0.263 e. The van der Waals surface area contributed by atoms with E-state index in [-0.39, 0.29) is 10.3 Å². The summed E-state index contributed by atoms with van der Waals surface area (Å²) < 4.78 is 38.5. The molecule has 0 amide bonds. The minimum absolute atomic E-state index is 0.000118. The predicted octanol–water partition coefficient (Wildman–Crippen LogP) is 3.85. The monoisotopic (exact) mass is 321 g/mol. The van der Waals surface area contributed by atoms with Gasteiger partial charge >= 0.3 is 0 Å². The van der Waals surface area contributed by atoms with Crippen molar-refractivity contribution in [2.45, 2.75) is 18.4 Å². The van der Waals surface area contributed by atoms with Crippen LogP contribution in [0.3, 0.4) is 0 Å². The van der Waals surface area contributed by atoms with Crippen molar-refractivity contribution in [3.05, 3.63) is 41.3 Å². The van der Waals surface area contributed by atoms with Crippen LogP contribution in [0.5, 0.6) is 0 Å². The molecule has 0 saturated carbocycles. The van der Waals surface area contributed by atoms with Gasteiger partial charge in [0.1, 0.15) is 10.7 Å². The summed E-state index contributed by atoms with van der Waals surface area (Å²) in [5.74, 6) is -0.622. The average Bonchev–Trinajstić information content (AvgIpc) is 2.69. The lowest BCUT2D eigenvalue weighted by Gasteiger charge is -2.04. The molecule has 0 bridgehead atoms. The number of benzene rings is 1. The summed E-state index contributed by atoms with van der Waals surface area (Å²) in [6.07, 6.45) is 1.32. The Bertz CT molecular complexity index is 765. The van der Waals surface area contributed by atoms with Crippen molar-refractivity contribution in [3.63, 3.8) is 0 Å². The third-order valence-electron chi connectivity index (χ3n) is 2.69. The lowest BCUT2D eigenvalue weighted by molar-refractivity contribution is 0.607. The lowest BCUT2D eigenvalue weighted by Crippen LogP contribution is -1.97. The van der Waals surface area contributed by atoms with Gasteiger partial charge in [-0.05, 0) is 24.6 Å². The molecule has 102 valence electrons. The van der Waals surface area contributed by atoms with Gasteiger partial charge in [0.05, 0.1) is 10.9 Å². The first-order chi connectivity index (χ1) is 8.84. The summed E-state index contributed by atoms with van der Waals surface area (Å²) in [7, 11) is 1.33. The Kier molecular flexibility index (Phi) is 3.90. The lowest BCUT2D eigenvalue weighted by atomic mass is 10.2. The van der Waals surface area contributed by atoms with Crippen molar-refractivity contribution >= 4 is 42.2 Å². The van der Waals surface area contributed by atoms with Crippen molar-refractivity contribution < 1.29 is 12.8 Å². The van der Waals surface area contributed by atoms with Crippen LogP contribution in [0.25, 0.3) is 10.9 Å². The van der Waals surface area contributed by atoms with E-state index in [4.69, 9.17) is 22.3 Å². The summed E-state index contributed by atoms with van der Waals surface area (Å²) in [5, 5.41) is -0.000118. The van der Waals surface area contributed by atoms with Crippen LogP contribution in [0.4, 0.5) is 4.39 Å². The van der Waals surface area contributed by atoms with Crippen LogP contribution in [0, 0.1) is 5.82 Å². The predicted molar refractivity (Wildman–Crippen MR) is 74.5 cm³/mol. The molecule has 0 N–H and O–H groups in total. The largest absolute Gasteiger partial charge is 0.342 e. The minimum atomic E-state index is -4.01. The molecule has 0 saturated heterocycles. The summed E-state index contributed by atoms with van der Waals surface area (Å²) in [5.41, 5.74) is 2.65. The molecule has 0 atom stereocenters. The van der Waals surface area contributed by atoms with Crippen LogP contribution in [-0.2, 0) is 15.6 Å². The second kappa shape index (κ2) is 5.15. The third kappa shape index (κ3) is 2.78. The Balaban J connectivity index is 2.78. The quantitative estimate of drug-likeness (QED) is 0.805. The van der Waals surface area contributed by atoms with E-state index in [1.54, 1.807) is 17.6 Å². The van der Waals surface area contributed by atoms with Gasteiger partial charge in [-0.15, -0.1) is 0 Å². The fraction of sp³-hybridized carbons (Fsp3) is 0.167. The number of rotatable bonds is 3. The van der Waals surface area contributed by atoms with Crippen molar-refractivity contribution in [3.8, 4) is 0 Å². The molecule has 1 aromatic heterocycles. The van der Waals surface area contributed by atoms with E-state index >= 15 is 0 Å². The van der Waals surface area contributed by atoms with Crippen LogP contribution in [0.2, 0.25) is 0 Å². The molecule has 3 nitrogen and oxygen atoms in total. The normalized spacial score (nSPS) is 13.2. The van der Waals surface area contributed by atoms with Crippen molar-refractivity contribution in [2.75, 3.05) is 0 Å². The first kappa shape index (κ1) is 14.4. The molecule has 19 heavy (non-hydrogen) atoms. The maximum absolute atomic E-state index is 13.8. The molecule has 1 heterocycles. The highest BCUT2D eigenvalue weighted by atomic mass is 35.7. The maximum Gasteiger partial charge on any atom is 0.263 e. The molecular formula is C12H10Cl2FNO2S. The molecule has 2 rings (SSSR count). The average molecular weight is 322 g/mol. The molecule has 0 unspecified atom stereocenters. The SMILES string of the molecule is C/C(=C/Cl)Cn1cc(S(=O)(=O)Cl)c2c(F)cccc21. The van der Waals surface area contributed by atoms with E-state index in [9.17, 15) is 12.8 Å². The number of fused-ring (bicyclic) bond motifs is 1. The van der Waals surface area contributed by atoms with E-state index in [0.717, 1.165) is 5.57 Å². The highest BCUT2D eigenvalue weighted by Crippen LogP contribution is 2.30. The van der Waals surface area contributed by atoms with E-state index in [0.29, 0.717) is 12.1 Å². The van der Waals surface area contributed by atoms with Crippen LogP contribution >= 0.6 is 22.3 Å². The molecular weight excluding hydrogens is 312 g/mol. The van der Waals surface area contributed by atoms with Gasteiger partial charge in [-0.3, -0.25) is 0 Å². The van der Waals surface area contributed by atoms with Gasteiger partial charge in [0.2, 0.25) is 0 Å². The Morgan fingerprint density at radius 3 is 2.74 bits per heavy atom. The summed E-state index contributed by atoms with van der Waals surface area (Å²) in [4.78, 5) is -0.232. The zero-order valence-corrected chi connectivity index (χ0v) is 12.2. The fourth-order valence-corrected chi connectivity index (χ4v) is 3.01. The van der Waals surface area contributed by atoms with E-state index in [1.165, 1.54) is 23.9 Å². The van der Waals surface area contributed by atoms with Crippen LogP contribution < -0.4 is 0 Å². The van der Waals surface area contributed by atoms with Crippen LogP contribution in [0.15, 0.2) is 40.4 Å². The first-order valence-electron chi connectivity index (χ1n) is 5.32. The fourth-order valence-electron chi connectivity index (χ4n) is 1.89. The van der Waals surface area contributed by atoms with Gasteiger partial charge in [-0.25, -0.2) is 12.8 Å². The van der Waals surface area contributed by atoms with E-state index in [2.05, 4.69) is 0 Å². The topological polar surface area (TPSA) is 39.1 Å². The van der Waals surface area contributed by atoms with Crippen LogP contribution in [0.1, 0.15) is 6.92 Å². The van der Waals surface area contributed by atoms with Crippen molar-refractivity contribution in [2.24, 2.45) is 0 Å². The zero-order valence-electron chi connectivity index (χ0n) is 9.90. The molecule has 2 aromatic rings. The molecule has 0 aliphatic rings. The number of hydrogen-bond donors (Lipinski definition) is 0. The minimum Gasteiger partial charge on any atom is -0.342 e. The Labute approximate surface area is 119 Å². The number of halogens is 3. The number of nitrogens with zero attached hydrogens (tertiary/aromatic N) is 1. The Morgan fingerprint density at radius 1 is 1.47 bits per heavy atom. The second-order valence-electron chi connectivity index (χ2n) is 4.15. The molecule has 0 spiro atoms. The van der Waals surface area contributed by atoms with Gasteiger partial charge in [0.15, 0.2) is 0 Å². The summed E-state index contributed by atoms with van der Waals surface area (Å²) in [6, 6.07) is 4.34. The first-order valence-corrected chi connectivity index (χ1v) is 8.07. The second-order valence-corrected chi connectivity index (χ2v) is 6.90. The zero-order chi connectivity index (χ0) is 14.2. The van der Waals surface area contributed by atoms with Crippen LogP contribution in [-0.4, -0.2) is 13.0 Å². The van der Waals surface area contributed by atoms with Crippen molar-refractivity contribution in [1.29, 1.82) is 0 Å². The molecule has 0 fully saturated rings. The number of hydrogen-bond acceptors (Lipinski definition) is 2. The maximum atomic E-state index is 13.8. The molecule has 1 aromatic carbocycles. The summed E-state index contributed by atoms with van der Waals surface area (Å²) >= 11 is 5.59. The van der Waals surface area contributed by atoms with Gasteiger partial charge < -0.3 is 4.57 Å². The van der Waals surface area contributed by atoms with Crippen molar-refractivity contribution in [1.82, 2.24) is 4.57 Å². The molecule has 0 aliphatic carbocycles. The Hall–Kier alpha value is -1.04. The highest BCUT2D eigenvalue weighted by molar-refractivity contribution is 8.14.